The Hall–Kier alpha value is -2.47. The molecule has 2 aromatic heterocycles. The van der Waals surface area contributed by atoms with Gasteiger partial charge in [0.25, 0.3) is 5.56 Å². The molecule has 0 aliphatic rings. The maximum Gasteiger partial charge on any atom is 0.345 e. The summed E-state index contributed by atoms with van der Waals surface area (Å²) in [6, 6.07) is 10.7. The standard InChI is InChI=1S/C15H12N2O3S/c1-9-14(18)17(12-5-3-2-4-11(12)16-9)8-10-6-7-13(21-10)15(19)20/h2-7H,8H2,1H3,(H,19,20). The number of carbonyl (C=O) groups is 1. The second-order valence-electron chi connectivity index (χ2n) is 4.65. The Morgan fingerprint density at radius 2 is 2.05 bits per heavy atom. The van der Waals surface area contributed by atoms with E-state index in [1.807, 2.05) is 24.3 Å². The Morgan fingerprint density at radius 1 is 1.29 bits per heavy atom. The van der Waals surface area contributed by atoms with Crippen LogP contribution in [0.2, 0.25) is 0 Å². The van der Waals surface area contributed by atoms with Gasteiger partial charge in [0.1, 0.15) is 10.6 Å². The van der Waals surface area contributed by atoms with Crippen molar-refractivity contribution in [2.75, 3.05) is 0 Å². The minimum atomic E-state index is -0.950. The molecular weight excluding hydrogens is 288 g/mol. The first kappa shape index (κ1) is 13.5. The summed E-state index contributed by atoms with van der Waals surface area (Å²) in [7, 11) is 0. The molecule has 6 heteroatoms. The van der Waals surface area contributed by atoms with E-state index in [4.69, 9.17) is 5.11 Å². The molecule has 2 heterocycles. The Labute approximate surface area is 124 Å². The van der Waals surface area contributed by atoms with E-state index in [1.165, 1.54) is 11.3 Å². The molecule has 0 aliphatic carbocycles. The van der Waals surface area contributed by atoms with E-state index in [-0.39, 0.29) is 10.4 Å². The summed E-state index contributed by atoms with van der Waals surface area (Å²) in [5.74, 6) is -0.950. The Balaban J connectivity index is 2.12. The highest BCUT2D eigenvalue weighted by Gasteiger charge is 2.11. The van der Waals surface area contributed by atoms with Gasteiger partial charge >= 0.3 is 5.97 Å². The second kappa shape index (κ2) is 5.14. The fraction of sp³-hybridized carbons (Fsp3) is 0.133. The van der Waals surface area contributed by atoms with Crippen molar-refractivity contribution < 1.29 is 9.90 Å². The highest BCUT2D eigenvalue weighted by atomic mass is 32.1. The van der Waals surface area contributed by atoms with Crippen LogP contribution < -0.4 is 5.56 Å². The number of para-hydroxylation sites is 2. The lowest BCUT2D eigenvalue weighted by Gasteiger charge is -2.09. The zero-order valence-electron chi connectivity index (χ0n) is 11.2. The molecule has 0 atom stereocenters. The summed E-state index contributed by atoms with van der Waals surface area (Å²) in [6.07, 6.45) is 0. The minimum absolute atomic E-state index is 0.154. The van der Waals surface area contributed by atoms with Gasteiger partial charge < -0.3 is 5.11 Å². The zero-order chi connectivity index (χ0) is 15.0. The first-order valence-corrected chi connectivity index (χ1v) is 7.16. The number of aromatic nitrogens is 2. The lowest BCUT2D eigenvalue weighted by Crippen LogP contribution is -2.24. The van der Waals surface area contributed by atoms with Gasteiger partial charge in [-0.1, -0.05) is 12.1 Å². The average Bonchev–Trinajstić information content (AvgIpc) is 2.93. The lowest BCUT2D eigenvalue weighted by molar-refractivity contribution is 0.0702. The molecule has 0 fully saturated rings. The molecule has 0 aliphatic heterocycles. The van der Waals surface area contributed by atoms with Crippen molar-refractivity contribution in [2.45, 2.75) is 13.5 Å². The summed E-state index contributed by atoms with van der Waals surface area (Å²) >= 11 is 1.18. The molecule has 1 aromatic carbocycles. The molecule has 3 rings (SSSR count). The lowest BCUT2D eigenvalue weighted by atomic mass is 10.2. The van der Waals surface area contributed by atoms with Crippen LogP contribution in [0.1, 0.15) is 20.2 Å². The Bertz CT molecular complexity index is 895. The smallest absolute Gasteiger partial charge is 0.345 e. The fourth-order valence-corrected chi connectivity index (χ4v) is 3.05. The molecule has 0 amide bonds. The first-order valence-electron chi connectivity index (χ1n) is 6.34. The predicted octanol–water partition coefficient (Wildman–Crippen LogP) is 2.51. The first-order chi connectivity index (χ1) is 10.1. The molecule has 0 saturated heterocycles. The molecule has 0 bridgehead atoms. The highest BCUT2D eigenvalue weighted by Crippen LogP contribution is 2.19. The van der Waals surface area contributed by atoms with Gasteiger partial charge in [-0.05, 0) is 31.2 Å². The van der Waals surface area contributed by atoms with Gasteiger partial charge in [0.05, 0.1) is 17.6 Å². The number of nitrogens with zero attached hydrogens (tertiary/aromatic N) is 2. The number of fused-ring (bicyclic) bond motifs is 1. The number of aryl methyl sites for hydroxylation is 1. The molecule has 0 unspecified atom stereocenters. The van der Waals surface area contributed by atoms with Gasteiger partial charge in [-0.15, -0.1) is 11.3 Å². The van der Waals surface area contributed by atoms with Crippen LogP contribution in [-0.4, -0.2) is 20.6 Å². The largest absolute Gasteiger partial charge is 0.477 e. The molecule has 0 spiro atoms. The zero-order valence-corrected chi connectivity index (χ0v) is 12.1. The van der Waals surface area contributed by atoms with Crippen LogP contribution in [-0.2, 0) is 6.54 Å². The molecule has 21 heavy (non-hydrogen) atoms. The maximum atomic E-state index is 12.3. The molecular formula is C15H12N2O3S. The van der Waals surface area contributed by atoms with Crippen LogP contribution in [0.3, 0.4) is 0 Å². The summed E-state index contributed by atoms with van der Waals surface area (Å²) in [5.41, 5.74) is 1.78. The molecule has 1 N–H and O–H groups in total. The number of benzene rings is 1. The topological polar surface area (TPSA) is 72.2 Å². The van der Waals surface area contributed by atoms with Gasteiger partial charge in [0.15, 0.2) is 0 Å². The van der Waals surface area contributed by atoms with Crippen LogP contribution in [0.25, 0.3) is 11.0 Å². The van der Waals surface area contributed by atoms with Crippen LogP contribution in [0.15, 0.2) is 41.2 Å². The van der Waals surface area contributed by atoms with E-state index in [2.05, 4.69) is 4.98 Å². The van der Waals surface area contributed by atoms with Gasteiger partial charge in [0.2, 0.25) is 0 Å². The second-order valence-corrected chi connectivity index (χ2v) is 5.82. The van der Waals surface area contributed by atoms with E-state index >= 15 is 0 Å². The number of thiophene rings is 1. The highest BCUT2D eigenvalue weighted by molar-refractivity contribution is 7.13. The van der Waals surface area contributed by atoms with Crippen molar-refractivity contribution >= 4 is 28.3 Å². The number of rotatable bonds is 3. The molecule has 0 saturated carbocycles. The molecule has 5 nitrogen and oxygen atoms in total. The van der Waals surface area contributed by atoms with Crippen LogP contribution >= 0.6 is 11.3 Å². The van der Waals surface area contributed by atoms with Crippen molar-refractivity contribution in [3.05, 3.63) is 62.2 Å². The number of carboxylic acids is 1. The Kier molecular flexibility index (Phi) is 3.31. The van der Waals surface area contributed by atoms with Crippen LogP contribution in [0.5, 0.6) is 0 Å². The number of aromatic carboxylic acids is 1. The van der Waals surface area contributed by atoms with E-state index in [0.29, 0.717) is 12.2 Å². The van der Waals surface area contributed by atoms with E-state index in [9.17, 15) is 9.59 Å². The minimum Gasteiger partial charge on any atom is -0.477 e. The Morgan fingerprint density at radius 3 is 2.76 bits per heavy atom. The summed E-state index contributed by atoms with van der Waals surface area (Å²) in [6.45, 7) is 2.03. The van der Waals surface area contributed by atoms with Gasteiger partial charge in [-0.3, -0.25) is 9.36 Å². The van der Waals surface area contributed by atoms with Gasteiger partial charge in [0, 0.05) is 4.88 Å². The fourth-order valence-electron chi connectivity index (χ4n) is 2.21. The van der Waals surface area contributed by atoms with E-state index in [0.717, 1.165) is 15.9 Å². The molecule has 0 radical (unpaired) electrons. The monoisotopic (exact) mass is 300 g/mol. The average molecular weight is 300 g/mol. The third kappa shape index (κ3) is 2.45. The van der Waals surface area contributed by atoms with Crippen molar-refractivity contribution in [2.24, 2.45) is 0 Å². The third-order valence-electron chi connectivity index (χ3n) is 3.20. The van der Waals surface area contributed by atoms with Gasteiger partial charge in [-0.2, -0.15) is 0 Å². The normalized spacial score (nSPS) is 10.9. The summed E-state index contributed by atoms with van der Waals surface area (Å²) < 4.78 is 1.63. The summed E-state index contributed by atoms with van der Waals surface area (Å²) in [5, 5.41) is 8.97. The van der Waals surface area contributed by atoms with Gasteiger partial charge in [-0.25, -0.2) is 9.78 Å². The summed E-state index contributed by atoms with van der Waals surface area (Å²) in [4.78, 5) is 28.6. The van der Waals surface area contributed by atoms with Crippen molar-refractivity contribution in [3.63, 3.8) is 0 Å². The number of hydrogen-bond donors (Lipinski definition) is 1. The van der Waals surface area contributed by atoms with E-state index < -0.39 is 5.97 Å². The van der Waals surface area contributed by atoms with Crippen LogP contribution in [0.4, 0.5) is 0 Å². The maximum absolute atomic E-state index is 12.3. The quantitative estimate of drug-likeness (QED) is 0.806. The SMILES string of the molecule is Cc1nc2ccccc2n(Cc2ccc(C(=O)O)s2)c1=O. The number of carboxylic acid groups (broad SMARTS) is 1. The van der Waals surface area contributed by atoms with Crippen molar-refractivity contribution in [1.82, 2.24) is 9.55 Å². The van der Waals surface area contributed by atoms with E-state index in [1.54, 1.807) is 23.6 Å². The van der Waals surface area contributed by atoms with Crippen molar-refractivity contribution in [1.29, 1.82) is 0 Å². The molecule has 3 aromatic rings. The number of hydrogen-bond acceptors (Lipinski definition) is 4. The van der Waals surface area contributed by atoms with Crippen molar-refractivity contribution in [3.8, 4) is 0 Å². The van der Waals surface area contributed by atoms with Crippen LogP contribution in [0, 0.1) is 6.92 Å². The third-order valence-corrected chi connectivity index (χ3v) is 4.26. The predicted molar refractivity (Wildman–Crippen MR) is 81.1 cm³/mol. The molecule has 106 valence electrons.